The highest BCUT2D eigenvalue weighted by Gasteiger charge is 2.30. The topological polar surface area (TPSA) is 59.8 Å². The predicted octanol–water partition coefficient (Wildman–Crippen LogP) is 3.42. The van der Waals surface area contributed by atoms with Crippen LogP contribution >= 0.6 is 0 Å². The van der Waals surface area contributed by atoms with Gasteiger partial charge in [0.1, 0.15) is 5.52 Å². The summed E-state index contributed by atoms with van der Waals surface area (Å²) in [6, 6.07) is 10.8. The molecule has 0 amide bonds. The molecule has 0 spiro atoms. The first kappa shape index (κ1) is 14.6. The second-order valence-electron chi connectivity index (χ2n) is 6.70. The fourth-order valence-electron chi connectivity index (χ4n) is 3.62. The molecule has 0 bridgehead atoms. The lowest BCUT2D eigenvalue weighted by Gasteiger charge is -2.39. The van der Waals surface area contributed by atoms with Crippen molar-refractivity contribution in [2.75, 3.05) is 18.4 Å². The SMILES string of the molecule is CC(C)N1CNC(c2ccc3ocnc3c2)c2cc3c(cc21)OCO3. The Morgan fingerprint density at radius 1 is 1.16 bits per heavy atom. The van der Waals surface area contributed by atoms with Crippen LogP contribution in [0.4, 0.5) is 5.69 Å². The lowest BCUT2D eigenvalue weighted by Crippen LogP contribution is -2.45. The van der Waals surface area contributed by atoms with Crippen LogP contribution in [-0.4, -0.2) is 24.5 Å². The quantitative estimate of drug-likeness (QED) is 0.773. The van der Waals surface area contributed by atoms with Gasteiger partial charge in [-0.15, -0.1) is 0 Å². The minimum absolute atomic E-state index is 0.0700. The van der Waals surface area contributed by atoms with Crippen molar-refractivity contribution in [2.24, 2.45) is 0 Å². The van der Waals surface area contributed by atoms with Crippen LogP contribution in [-0.2, 0) is 0 Å². The second kappa shape index (κ2) is 5.39. The maximum Gasteiger partial charge on any atom is 0.231 e. The molecule has 1 aromatic heterocycles. The van der Waals surface area contributed by atoms with Gasteiger partial charge in [-0.2, -0.15) is 0 Å². The van der Waals surface area contributed by atoms with E-state index in [1.54, 1.807) is 0 Å². The van der Waals surface area contributed by atoms with Crippen LogP contribution in [0.25, 0.3) is 11.1 Å². The van der Waals surface area contributed by atoms with Crippen molar-refractivity contribution in [2.45, 2.75) is 25.9 Å². The minimum Gasteiger partial charge on any atom is -0.454 e. The summed E-state index contributed by atoms with van der Waals surface area (Å²) < 4.78 is 16.6. The van der Waals surface area contributed by atoms with Crippen molar-refractivity contribution in [1.29, 1.82) is 0 Å². The first-order valence-electron chi connectivity index (χ1n) is 8.47. The van der Waals surface area contributed by atoms with Crippen molar-refractivity contribution in [3.8, 4) is 11.5 Å². The zero-order valence-corrected chi connectivity index (χ0v) is 14.2. The van der Waals surface area contributed by atoms with E-state index in [0.29, 0.717) is 6.04 Å². The summed E-state index contributed by atoms with van der Waals surface area (Å²) in [4.78, 5) is 6.62. The van der Waals surface area contributed by atoms with Gasteiger partial charge in [0.2, 0.25) is 6.79 Å². The van der Waals surface area contributed by atoms with E-state index >= 15 is 0 Å². The Morgan fingerprint density at radius 3 is 2.84 bits per heavy atom. The van der Waals surface area contributed by atoms with Crippen LogP contribution in [0.2, 0.25) is 0 Å². The van der Waals surface area contributed by atoms with E-state index < -0.39 is 0 Å². The van der Waals surface area contributed by atoms with Gasteiger partial charge in [0.05, 0.1) is 12.7 Å². The van der Waals surface area contributed by atoms with Gasteiger partial charge in [-0.3, -0.25) is 5.32 Å². The van der Waals surface area contributed by atoms with Crippen LogP contribution in [0, 0.1) is 0 Å². The molecule has 2 aromatic carbocycles. The van der Waals surface area contributed by atoms with Crippen LogP contribution in [0.3, 0.4) is 0 Å². The molecule has 1 unspecified atom stereocenters. The fourth-order valence-corrected chi connectivity index (χ4v) is 3.62. The number of benzene rings is 2. The highest BCUT2D eigenvalue weighted by Crippen LogP contribution is 2.44. The smallest absolute Gasteiger partial charge is 0.231 e. The van der Waals surface area contributed by atoms with Crippen molar-refractivity contribution in [1.82, 2.24) is 10.3 Å². The third kappa shape index (κ3) is 2.25. The third-order valence-electron chi connectivity index (χ3n) is 4.92. The van der Waals surface area contributed by atoms with E-state index in [-0.39, 0.29) is 12.8 Å². The summed E-state index contributed by atoms with van der Waals surface area (Å²) in [5, 5.41) is 3.64. The third-order valence-corrected chi connectivity index (χ3v) is 4.92. The Labute approximate surface area is 145 Å². The number of hydrogen-bond donors (Lipinski definition) is 1. The standard InChI is InChI=1S/C19H19N3O3/c1-11(2)22-8-20-19(12-3-4-16-14(5-12)21-9-23-16)13-6-17-18(7-15(13)22)25-10-24-17/h3-7,9,11,19-20H,8,10H2,1-2H3. The summed E-state index contributed by atoms with van der Waals surface area (Å²) in [5.41, 5.74) is 5.20. The van der Waals surface area contributed by atoms with Gasteiger partial charge < -0.3 is 18.8 Å². The van der Waals surface area contributed by atoms with Crippen molar-refractivity contribution in [3.63, 3.8) is 0 Å². The maximum atomic E-state index is 5.61. The summed E-state index contributed by atoms with van der Waals surface area (Å²) in [7, 11) is 0. The number of anilines is 1. The zero-order chi connectivity index (χ0) is 17.0. The summed E-state index contributed by atoms with van der Waals surface area (Å²) >= 11 is 0. The van der Waals surface area contributed by atoms with Crippen molar-refractivity contribution >= 4 is 16.8 Å². The van der Waals surface area contributed by atoms with Crippen molar-refractivity contribution in [3.05, 3.63) is 47.9 Å². The van der Waals surface area contributed by atoms with Gasteiger partial charge in [0.25, 0.3) is 0 Å². The number of nitrogens with one attached hydrogen (secondary N) is 1. The molecule has 0 aliphatic carbocycles. The number of fused-ring (bicyclic) bond motifs is 3. The van der Waals surface area contributed by atoms with Gasteiger partial charge in [0.15, 0.2) is 23.5 Å². The Kier molecular flexibility index (Phi) is 3.15. The van der Waals surface area contributed by atoms with E-state index in [0.717, 1.165) is 34.8 Å². The summed E-state index contributed by atoms with van der Waals surface area (Å²) in [6.45, 7) is 5.43. The molecule has 1 atom stereocenters. The first-order chi connectivity index (χ1) is 12.2. The second-order valence-corrected chi connectivity index (χ2v) is 6.70. The largest absolute Gasteiger partial charge is 0.454 e. The molecule has 6 nitrogen and oxygen atoms in total. The Balaban J connectivity index is 1.65. The van der Waals surface area contributed by atoms with Crippen LogP contribution in [0.15, 0.2) is 41.1 Å². The Hall–Kier alpha value is -2.73. The molecule has 3 aromatic rings. The molecule has 1 N–H and O–H groups in total. The van der Waals surface area contributed by atoms with E-state index in [1.165, 1.54) is 17.6 Å². The fraction of sp³-hybridized carbons (Fsp3) is 0.316. The number of rotatable bonds is 2. The van der Waals surface area contributed by atoms with E-state index in [9.17, 15) is 0 Å². The summed E-state index contributed by atoms with van der Waals surface area (Å²) in [5.74, 6) is 1.62. The highest BCUT2D eigenvalue weighted by molar-refractivity contribution is 5.74. The number of hydrogen-bond acceptors (Lipinski definition) is 6. The van der Waals surface area contributed by atoms with E-state index in [2.05, 4.69) is 53.3 Å². The monoisotopic (exact) mass is 337 g/mol. The zero-order valence-electron chi connectivity index (χ0n) is 14.2. The van der Waals surface area contributed by atoms with Gasteiger partial charge >= 0.3 is 0 Å². The lowest BCUT2D eigenvalue weighted by molar-refractivity contribution is 0.174. The molecule has 0 radical (unpaired) electrons. The molecule has 6 heteroatoms. The molecule has 5 rings (SSSR count). The minimum atomic E-state index is 0.0700. The maximum absolute atomic E-state index is 5.61. The highest BCUT2D eigenvalue weighted by atomic mass is 16.7. The molecule has 25 heavy (non-hydrogen) atoms. The molecular formula is C19H19N3O3. The Morgan fingerprint density at radius 2 is 2.00 bits per heavy atom. The molecule has 3 heterocycles. The normalized spacial score (nSPS) is 18.8. The van der Waals surface area contributed by atoms with Crippen molar-refractivity contribution < 1.29 is 13.9 Å². The molecule has 0 saturated carbocycles. The van der Waals surface area contributed by atoms with Gasteiger partial charge in [-0.1, -0.05) is 6.07 Å². The van der Waals surface area contributed by atoms with Crippen LogP contribution < -0.4 is 19.7 Å². The average molecular weight is 337 g/mol. The molecule has 0 fully saturated rings. The average Bonchev–Trinajstić information content (AvgIpc) is 3.26. The van der Waals surface area contributed by atoms with Gasteiger partial charge in [-0.25, -0.2) is 4.98 Å². The van der Waals surface area contributed by atoms with Crippen LogP contribution in [0.1, 0.15) is 31.0 Å². The Bertz CT molecular complexity index is 950. The lowest BCUT2D eigenvalue weighted by atomic mass is 9.93. The van der Waals surface area contributed by atoms with E-state index in [4.69, 9.17) is 13.9 Å². The molecule has 128 valence electrons. The van der Waals surface area contributed by atoms with Gasteiger partial charge in [-0.05, 0) is 37.6 Å². The molecule has 2 aliphatic heterocycles. The molecule has 2 aliphatic rings. The van der Waals surface area contributed by atoms with E-state index in [1.807, 2.05) is 6.07 Å². The number of nitrogens with zero attached hydrogens (tertiary/aromatic N) is 2. The predicted molar refractivity (Wildman–Crippen MR) is 94.0 cm³/mol. The first-order valence-corrected chi connectivity index (χ1v) is 8.47. The number of aromatic nitrogens is 1. The molecular weight excluding hydrogens is 318 g/mol. The number of oxazole rings is 1. The molecule has 0 saturated heterocycles. The summed E-state index contributed by atoms with van der Waals surface area (Å²) in [6.07, 6.45) is 1.48. The van der Waals surface area contributed by atoms with Gasteiger partial charge in [0, 0.05) is 23.4 Å². The van der Waals surface area contributed by atoms with Crippen LogP contribution in [0.5, 0.6) is 11.5 Å². The number of ether oxygens (including phenoxy) is 2.